The lowest BCUT2D eigenvalue weighted by molar-refractivity contribution is -0.158. The Bertz CT molecular complexity index is 890. The first-order valence-corrected chi connectivity index (χ1v) is 8.96. The van der Waals surface area contributed by atoms with E-state index in [-0.39, 0.29) is 17.3 Å². The standard InChI is InChI=1S/C19H16Cl2FNO4/c1-10(18(24)23-16-4-3-14(22)8-15(16)21)27-19(25)12-6-11-7-13(20)2-5-17(11)26-9-12/h2-5,7-8,10,12H,6,9H2,1H3,(H,23,24)/t10-,12-/m0/s1. The van der Waals surface area contributed by atoms with Crippen LogP contribution < -0.4 is 10.1 Å². The molecular formula is C19H16Cl2FNO4. The van der Waals surface area contributed by atoms with E-state index in [9.17, 15) is 14.0 Å². The van der Waals surface area contributed by atoms with E-state index in [1.54, 1.807) is 18.2 Å². The van der Waals surface area contributed by atoms with Gasteiger partial charge in [-0.25, -0.2) is 4.39 Å². The van der Waals surface area contributed by atoms with Crippen molar-refractivity contribution in [1.82, 2.24) is 0 Å². The van der Waals surface area contributed by atoms with Gasteiger partial charge in [0.05, 0.1) is 16.6 Å². The molecule has 1 amide bonds. The number of hydrogen-bond acceptors (Lipinski definition) is 4. The van der Waals surface area contributed by atoms with Gasteiger partial charge in [0, 0.05) is 5.02 Å². The van der Waals surface area contributed by atoms with Crippen LogP contribution in [0.25, 0.3) is 0 Å². The fourth-order valence-electron chi connectivity index (χ4n) is 2.66. The van der Waals surface area contributed by atoms with Crippen molar-refractivity contribution in [2.24, 2.45) is 5.92 Å². The van der Waals surface area contributed by atoms with Crippen LogP contribution in [0.15, 0.2) is 36.4 Å². The highest BCUT2D eigenvalue weighted by Crippen LogP contribution is 2.30. The van der Waals surface area contributed by atoms with Crippen molar-refractivity contribution < 1.29 is 23.5 Å². The number of nitrogens with one attached hydrogen (secondary N) is 1. The molecule has 2 aromatic carbocycles. The molecule has 27 heavy (non-hydrogen) atoms. The molecule has 1 aliphatic rings. The van der Waals surface area contributed by atoms with Gasteiger partial charge in [0.15, 0.2) is 6.10 Å². The average molecular weight is 412 g/mol. The highest BCUT2D eigenvalue weighted by molar-refractivity contribution is 6.33. The number of hydrogen-bond donors (Lipinski definition) is 1. The van der Waals surface area contributed by atoms with Gasteiger partial charge in [-0.15, -0.1) is 0 Å². The fourth-order valence-corrected chi connectivity index (χ4v) is 3.07. The molecule has 142 valence electrons. The third kappa shape index (κ3) is 4.70. The number of esters is 1. The Balaban J connectivity index is 1.59. The first-order chi connectivity index (χ1) is 12.8. The average Bonchev–Trinajstić information content (AvgIpc) is 2.63. The van der Waals surface area contributed by atoms with Crippen molar-refractivity contribution in [3.8, 4) is 5.75 Å². The molecule has 0 saturated carbocycles. The van der Waals surface area contributed by atoms with Crippen molar-refractivity contribution in [2.75, 3.05) is 11.9 Å². The molecule has 1 N–H and O–H groups in total. The summed E-state index contributed by atoms with van der Waals surface area (Å²) in [7, 11) is 0. The Morgan fingerprint density at radius 1 is 1.26 bits per heavy atom. The summed E-state index contributed by atoms with van der Waals surface area (Å²) < 4.78 is 23.9. The fraction of sp³-hybridized carbons (Fsp3) is 0.263. The highest BCUT2D eigenvalue weighted by Gasteiger charge is 2.30. The summed E-state index contributed by atoms with van der Waals surface area (Å²) in [6, 6.07) is 8.78. The number of carbonyl (C=O) groups is 2. The molecule has 0 saturated heterocycles. The second-order valence-corrected chi connectivity index (χ2v) is 7.00. The predicted molar refractivity (Wildman–Crippen MR) is 99.7 cm³/mol. The van der Waals surface area contributed by atoms with E-state index in [0.717, 1.165) is 11.6 Å². The third-order valence-electron chi connectivity index (χ3n) is 4.11. The summed E-state index contributed by atoms with van der Waals surface area (Å²) in [6.07, 6.45) is -0.647. The molecule has 1 aliphatic heterocycles. The van der Waals surface area contributed by atoms with Crippen LogP contribution in [0.1, 0.15) is 12.5 Å². The van der Waals surface area contributed by atoms with E-state index in [0.29, 0.717) is 17.2 Å². The molecule has 0 aliphatic carbocycles. The van der Waals surface area contributed by atoms with Crippen LogP contribution in [0, 0.1) is 11.7 Å². The van der Waals surface area contributed by atoms with E-state index in [4.69, 9.17) is 32.7 Å². The zero-order valence-corrected chi connectivity index (χ0v) is 15.8. The number of amides is 1. The number of ether oxygens (including phenoxy) is 2. The minimum absolute atomic E-state index is 0.0519. The van der Waals surface area contributed by atoms with E-state index in [1.165, 1.54) is 19.1 Å². The number of carbonyl (C=O) groups excluding carboxylic acids is 2. The molecule has 1 heterocycles. The van der Waals surface area contributed by atoms with Gasteiger partial charge in [-0.1, -0.05) is 23.2 Å². The molecule has 2 atom stereocenters. The zero-order chi connectivity index (χ0) is 19.6. The van der Waals surface area contributed by atoms with Gasteiger partial charge in [-0.05, 0) is 55.3 Å². The summed E-state index contributed by atoms with van der Waals surface area (Å²) in [5.41, 5.74) is 1.04. The summed E-state index contributed by atoms with van der Waals surface area (Å²) in [4.78, 5) is 24.6. The lowest BCUT2D eigenvalue weighted by atomic mass is 9.97. The molecule has 5 nitrogen and oxygen atoms in total. The van der Waals surface area contributed by atoms with Crippen LogP contribution in [0.5, 0.6) is 5.75 Å². The van der Waals surface area contributed by atoms with Crippen LogP contribution >= 0.6 is 23.2 Å². The molecule has 8 heteroatoms. The number of fused-ring (bicyclic) bond motifs is 1. The third-order valence-corrected chi connectivity index (χ3v) is 4.66. The number of anilines is 1. The Morgan fingerprint density at radius 2 is 2.04 bits per heavy atom. The topological polar surface area (TPSA) is 64.6 Å². The smallest absolute Gasteiger partial charge is 0.313 e. The van der Waals surface area contributed by atoms with Crippen LogP contribution in [-0.2, 0) is 20.7 Å². The normalized spacial score (nSPS) is 16.7. The number of rotatable bonds is 4. The lowest BCUT2D eigenvalue weighted by Gasteiger charge is -2.25. The van der Waals surface area contributed by atoms with Crippen molar-refractivity contribution >= 4 is 40.8 Å². The SMILES string of the molecule is C[C@H](OC(=O)[C@@H]1COc2ccc(Cl)cc2C1)C(=O)Nc1ccc(F)cc1Cl. The van der Waals surface area contributed by atoms with Gasteiger partial charge >= 0.3 is 5.97 Å². The van der Waals surface area contributed by atoms with Gasteiger partial charge in [0.2, 0.25) is 0 Å². The Kier molecular flexibility index (Phi) is 5.87. The molecular weight excluding hydrogens is 396 g/mol. The molecule has 0 radical (unpaired) electrons. The van der Waals surface area contributed by atoms with Crippen molar-refractivity contribution in [1.29, 1.82) is 0 Å². The molecule has 0 bridgehead atoms. The molecule has 2 aromatic rings. The number of halogens is 3. The minimum Gasteiger partial charge on any atom is -0.492 e. The maximum Gasteiger partial charge on any atom is 0.313 e. The van der Waals surface area contributed by atoms with Gasteiger partial charge in [-0.2, -0.15) is 0 Å². The van der Waals surface area contributed by atoms with E-state index in [2.05, 4.69) is 5.32 Å². The first-order valence-electron chi connectivity index (χ1n) is 8.21. The predicted octanol–water partition coefficient (Wildman–Crippen LogP) is 4.25. The van der Waals surface area contributed by atoms with Crippen LogP contribution in [0.4, 0.5) is 10.1 Å². The van der Waals surface area contributed by atoms with Crippen LogP contribution in [0.3, 0.4) is 0 Å². The van der Waals surface area contributed by atoms with Gasteiger partial charge < -0.3 is 14.8 Å². The van der Waals surface area contributed by atoms with E-state index < -0.39 is 29.7 Å². The van der Waals surface area contributed by atoms with Gasteiger partial charge in [0.25, 0.3) is 5.91 Å². The van der Waals surface area contributed by atoms with Gasteiger partial charge in [0.1, 0.15) is 18.2 Å². The Hall–Kier alpha value is -2.31. The highest BCUT2D eigenvalue weighted by atomic mass is 35.5. The summed E-state index contributed by atoms with van der Waals surface area (Å²) in [5, 5.41) is 3.11. The monoisotopic (exact) mass is 411 g/mol. The maximum absolute atomic E-state index is 13.1. The minimum atomic E-state index is -1.06. The second kappa shape index (κ2) is 8.15. The Morgan fingerprint density at radius 3 is 2.78 bits per heavy atom. The quantitative estimate of drug-likeness (QED) is 0.763. The maximum atomic E-state index is 13.1. The van der Waals surface area contributed by atoms with Crippen molar-refractivity contribution in [3.05, 3.63) is 57.8 Å². The van der Waals surface area contributed by atoms with Crippen LogP contribution in [0.2, 0.25) is 10.0 Å². The van der Waals surface area contributed by atoms with Gasteiger partial charge in [-0.3, -0.25) is 9.59 Å². The largest absolute Gasteiger partial charge is 0.492 e. The van der Waals surface area contributed by atoms with Crippen molar-refractivity contribution in [2.45, 2.75) is 19.4 Å². The van der Waals surface area contributed by atoms with Crippen molar-refractivity contribution in [3.63, 3.8) is 0 Å². The zero-order valence-electron chi connectivity index (χ0n) is 14.3. The molecule has 0 unspecified atom stereocenters. The molecule has 0 fully saturated rings. The summed E-state index contributed by atoms with van der Waals surface area (Å²) in [5.74, 6) is -1.50. The molecule has 0 spiro atoms. The van der Waals surface area contributed by atoms with E-state index >= 15 is 0 Å². The molecule has 0 aromatic heterocycles. The Labute approximate surface area is 165 Å². The summed E-state index contributed by atoms with van der Waals surface area (Å²) >= 11 is 11.8. The lowest BCUT2D eigenvalue weighted by Crippen LogP contribution is -2.36. The van der Waals surface area contributed by atoms with Crippen LogP contribution in [-0.4, -0.2) is 24.6 Å². The second-order valence-electron chi connectivity index (χ2n) is 6.16. The summed E-state index contributed by atoms with van der Waals surface area (Å²) in [6.45, 7) is 1.60. The molecule has 3 rings (SSSR count). The van der Waals surface area contributed by atoms with E-state index in [1.807, 2.05) is 0 Å². The number of benzene rings is 2. The first kappa shape index (κ1) is 19.5.